The average Bonchev–Trinajstić information content (AvgIpc) is 3.44. The molecule has 18 heteroatoms. The number of nitrogens with zero attached hydrogens (tertiary/aromatic N) is 5. The predicted octanol–water partition coefficient (Wildman–Crippen LogP) is 10.5. The number of hydrogen-bond donors (Lipinski definition) is 8. The van der Waals surface area contributed by atoms with Crippen molar-refractivity contribution in [1.29, 1.82) is 0 Å². The number of rotatable bonds is 21. The third-order valence-electron chi connectivity index (χ3n) is 11.8. The van der Waals surface area contributed by atoms with Crippen LogP contribution in [0.15, 0.2) is 171 Å². The first-order valence-electron chi connectivity index (χ1n) is 25.3. The van der Waals surface area contributed by atoms with Gasteiger partial charge in [-0.1, -0.05) is 176 Å². The number of para-hydroxylation sites is 2. The van der Waals surface area contributed by atoms with E-state index in [1.54, 1.807) is 61.0 Å². The smallest absolute Gasteiger partial charge is 0.328 e. The summed E-state index contributed by atoms with van der Waals surface area (Å²) in [6.07, 6.45) is 9.69. The summed E-state index contributed by atoms with van der Waals surface area (Å²) in [6, 6.07) is 41.0. The van der Waals surface area contributed by atoms with Crippen molar-refractivity contribution < 1.29 is 64.8 Å². The molecule has 6 unspecified atom stereocenters. The first-order chi connectivity index (χ1) is 37.7. The van der Waals surface area contributed by atoms with Crippen molar-refractivity contribution in [1.82, 2.24) is 0 Å². The highest BCUT2D eigenvalue weighted by molar-refractivity contribution is 6.03. The van der Waals surface area contributed by atoms with Gasteiger partial charge >= 0.3 is 29.8 Å². The molecule has 0 amide bonds. The van der Waals surface area contributed by atoms with Crippen molar-refractivity contribution in [3.8, 4) is 17.2 Å². The zero-order chi connectivity index (χ0) is 58.7. The molecule has 6 aromatic carbocycles. The Hall–Kier alpha value is -9.32. The second kappa shape index (κ2) is 36.6. The lowest BCUT2D eigenvalue weighted by Crippen LogP contribution is -2.25. The van der Waals surface area contributed by atoms with Gasteiger partial charge in [0.15, 0.2) is 0 Å². The Kier molecular flexibility index (Phi) is 30.5. The van der Waals surface area contributed by atoms with Crippen molar-refractivity contribution in [2.45, 2.75) is 78.9 Å². The van der Waals surface area contributed by atoms with E-state index in [0.29, 0.717) is 16.7 Å². The summed E-state index contributed by atoms with van der Waals surface area (Å²) in [7, 11) is 0. The molecule has 6 atom stereocenters. The molecule has 0 fully saturated rings. The van der Waals surface area contributed by atoms with Gasteiger partial charge in [-0.3, -0.25) is 34.6 Å². The van der Waals surface area contributed by atoms with E-state index >= 15 is 0 Å². The third kappa shape index (κ3) is 25.4. The molecule has 0 aliphatic rings. The molecule has 0 saturated carbocycles. The highest BCUT2D eigenvalue weighted by atomic mass is 16.4. The summed E-state index contributed by atoms with van der Waals surface area (Å²) in [5, 5.41) is 74.5. The maximum absolute atomic E-state index is 11.3. The molecule has 8 N–H and O–H groups in total. The number of benzene rings is 6. The number of carboxylic acid groups (broad SMARTS) is 5. The number of hydrogen-bond acceptors (Lipinski definition) is 13. The highest BCUT2D eigenvalue weighted by Crippen LogP contribution is 2.26. The number of carboxylic acids is 5. The standard InChI is InChI=1S/C17H19NO3.C13H17NO3.C13H17NO2.C9H9NO3.C9H9NO2/c1-3-11(2)16(17(20)21)18-10-14-13-7-5-4-6-12(13)8-9-15(14)19;1-3-9(2)12(13(16)17)14-8-10-6-4-5-7-11(10)15;1-3-10(2)12(13(15)16)14-9-11-7-5-4-6-8-11;11-8-4-2-1-3-7(8)5-10-6-9(12)13;11-9(12)7-10-6-8-4-2-1-3-5-8/h4-11,16,19H,3H2,1-2H3,(H,20,21);4-9,12,15H,3H2,1-2H3,(H,16,17);4-10,12H,3H2,1-2H3,(H,15,16);1-5,11H,6H2,(H,12,13);1-6H,7H2,(H,11,12). The number of carbonyl (C=O) groups is 5. The maximum Gasteiger partial charge on any atom is 0.328 e. The summed E-state index contributed by atoms with van der Waals surface area (Å²) >= 11 is 0. The molecule has 6 aromatic rings. The number of aliphatic imine (C=N–C) groups is 5. The number of fused-ring (bicyclic) bond motifs is 1. The van der Waals surface area contributed by atoms with Crippen LogP contribution >= 0.6 is 0 Å². The van der Waals surface area contributed by atoms with Gasteiger partial charge in [-0.2, -0.15) is 0 Å². The molecule has 0 aromatic heterocycles. The van der Waals surface area contributed by atoms with E-state index in [1.807, 2.05) is 133 Å². The lowest BCUT2D eigenvalue weighted by molar-refractivity contribution is -0.140. The molecular weight excluding hydrogens is 1010 g/mol. The van der Waals surface area contributed by atoms with Crippen molar-refractivity contribution in [2.24, 2.45) is 42.7 Å². The molecule has 0 saturated heterocycles. The molecule has 0 heterocycles. The Bertz CT molecular complexity index is 2980. The second-order valence-electron chi connectivity index (χ2n) is 17.7. The minimum absolute atomic E-state index is 0.0328. The fourth-order valence-electron chi connectivity index (χ4n) is 6.66. The highest BCUT2D eigenvalue weighted by Gasteiger charge is 2.23. The molecule has 79 heavy (non-hydrogen) atoms. The molecule has 0 bridgehead atoms. The van der Waals surface area contributed by atoms with E-state index in [0.717, 1.165) is 41.2 Å². The Morgan fingerprint density at radius 1 is 0.405 bits per heavy atom. The lowest BCUT2D eigenvalue weighted by Gasteiger charge is -2.14. The van der Waals surface area contributed by atoms with Crippen molar-refractivity contribution in [2.75, 3.05) is 13.1 Å². The molecule has 6 rings (SSSR count). The van der Waals surface area contributed by atoms with Gasteiger partial charge in [-0.05, 0) is 70.0 Å². The fraction of sp³-hybridized carbons (Fsp3) is 0.279. The van der Waals surface area contributed by atoms with Crippen molar-refractivity contribution >= 4 is 71.7 Å². The minimum atomic E-state index is -0.994. The topological polar surface area (TPSA) is 309 Å². The van der Waals surface area contributed by atoms with Crippen LogP contribution in [0.2, 0.25) is 0 Å². The second-order valence-corrected chi connectivity index (χ2v) is 17.7. The Morgan fingerprint density at radius 2 is 0.772 bits per heavy atom. The maximum atomic E-state index is 11.3. The quantitative estimate of drug-likeness (QED) is 0.0311. The number of aromatic hydroxyl groups is 3. The van der Waals surface area contributed by atoms with Gasteiger partial charge in [-0.25, -0.2) is 14.4 Å². The Balaban J connectivity index is 0.000000342. The van der Waals surface area contributed by atoms with Crippen LogP contribution in [-0.2, 0) is 24.0 Å². The van der Waals surface area contributed by atoms with Gasteiger partial charge in [-0.15, -0.1) is 0 Å². The van der Waals surface area contributed by atoms with Gasteiger partial charge in [0.25, 0.3) is 0 Å². The van der Waals surface area contributed by atoms with Crippen LogP contribution in [0.3, 0.4) is 0 Å². The van der Waals surface area contributed by atoms with Crippen LogP contribution in [0.25, 0.3) is 10.8 Å². The summed E-state index contributed by atoms with van der Waals surface area (Å²) in [5.41, 5.74) is 3.45. The largest absolute Gasteiger partial charge is 0.507 e. The van der Waals surface area contributed by atoms with Gasteiger partial charge in [0, 0.05) is 47.8 Å². The molecule has 0 radical (unpaired) electrons. The normalized spacial score (nSPS) is 13.3. The van der Waals surface area contributed by atoms with Crippen LogP contribution in [0.1, 0.15) is 88.6 Å². The van der Waals surface area contributed by atoms with E-state index in [1.165, 1.54) is 24.7 Å². The van der Waals surface area contributed by atoms with E-state index in [2.05, 4.69) is 25.0 Å². The van der Waals surface area contributed by atoms with Gasteiger partial charge < -0.3 is 40.9 Å². The molecule has 0 aliphatic heterocycles. The third-order valence-corrected chi connectivity index (χ3v) is 11.8. The van der Waals surface area contributed by atoms with Crippen molar-refractivity contribution in [3.63, 3.8) is 0 Å². The fourth-order valence-corrected chi connectivity index (χ4v) is 6.66. The number of phenolic OH excluding ortho intramolecular Hbond substituents is 3. The SMILES string of the molecule is CCC(C)C(N=Cc1c(O)ccc2ccccc12)C(=O)O.CCC(C)C(N=Cc1ccccc1)C(=O)O.CCC(C)C(N=Cc1ccccc1O)C(=O)O.O=C(O)CN=Cc1ccccc1.O=C(O)CN=Cc1ccccc1O. The Morgan fingerprint density at radius 3 is 1.20 bits per heavy atom. The van der Waals surface area contributed by atoms with E-state index in [4.69, 9.17) is 20.4 Å². The zero-order valence-electron chi connectivity index (χ0n) is 45.1. The summed E-state index contributed by atoms with van der Waals surface area (Å²) in [4.78, 5) is 73.2. The monoisotopic (exact) mass is 1080 g/mol. The summed E-state index contributed by atoms with van der Waals surface area (Å²) < 4.78 is 0. The first kappa shape index (κ1) is 65.8. The summed E-state index contributed by atoms with van der Waals surface area (Å²) in [6.45, 7) is 11.0. The van der Waals surface area contributed by atoms with Crippen molar-refractivity contribution in [3.05, 3.63) is 173 Å². The van der Waals surface area contributed by atoms with Crippen LogP contribution in [-0.4, -0.2) is 133 Å². The molecule has 418 valence electrons. The number of aliphatic carboxylic acids is 5. The molecular formula is C61H71N5O13. The lowest BCUT2D eigenvalue weighted by atomic mass is 9.99. The predicted molar refractivity (Wildman–Crippen MR) is 310 cm³/mol. The summed E-state index contributed by atoms with van der Waals surface area (Å²) in [5.74, 6) is -4.39. The van der Waals surface area contributed by atoms with Gasteiger partial charge in [0.2, 0.25) is 0 Å². The molecule has 0 spiro atoms. The zero-order valence-corrected chi connectivity index (χ0v) is 45.1. The van der Waals surface area contributed by atoms with Crippen LogP contribution in [0.4, 0.5) is 0 Å². The van der Waals surface area contributed by atoms with Gasteiger partial charge in [0.05, 0.1) is 0 Å². The Labute approximate surface area is 460 Å². The van der Waals surface area contributed by atoms with E-state index in [-0.39, 0.29) is 48.1 Å². The van der Waals surface area contributed by atoms with Crippen LogP contribution in [0.5, 0.6) is 17.2 Å². The van der Waals surface area contributed by atoms with Gasteiger partial charge in [0.1, 0.15) is 48.5 Å². The van der Waals surface area contributed by atoms with Crippen LogP contribution < -0.4 is 0 Å². The van der Waals surface area contributed by atoms with E-state index in [9.17, 15) is 44.4 Å². The molecule has 18 nitrogen and oxygen atoms in total. The minimum Gasteiger partial charge on any atom is -0.507 e. The first-order valence-corrected chi connectivity index (χ1v) is 25.3. The average molecular weight is 1080 g/mol. The molecule has 0 aliphatic carbocycles. The van der Waals surface area contributed by atoms with Crippen LogP contribution in [0, 0.1) is 17.8 Å². The van der Waals surface area contributed by atoms with E-state index < -0.39 is 48.0 Å². The number of phenols is 3.